The predicted octanol–water partition coefficient (Wildman–Crippen LogP) is 4.52. The Balaban J connectivity index is 1.89. The lowest BCUT2D eigenvalue weighted by Crippen LogP contribution is -2.58. The number of nitrogens with zero attached hydrogens (tertiary/aromatic N) is 5. The van der Waals surface area contributed by atoms with E-state index < -0.39 is 27.1 Å². The van der Waals surface area contributed by atoms with Gasteiger partial charge in [-0.15, -0.1) is 0 Å². The maximum Gasteiger partial charge on any atom is 0.355 e. The van der Waals surface area contributed by atoms with Crippen LogP contribution in [0.2, 0.25) is 5.02 Å². The summed E-state index contributed by atoms with van der Waals surface area (Å²) in [6.07, 6.45) is 2.67. The zero-order chi connectivity index (χ0) is 32.1. The highest BCUT2D eigenvalue weighted by molar-refractivity contribution is 7.90. The van der Waals surface area contributed by atoms with Crippen LogP contribution in [0.15, 0.2) is 64.8 Å². The van der Waals surface area contributed by atoms with E-state index in [9.17, 15) is 23.1 Å². The van der Waals surface area contributed by atoms with Gasteiger partial charge in [-0.2, -0.15) is 4.98 Å². The van der Waals surface area contributed by atoms with Gasteiger partial charge in [-0.3, -0.25) is 4.79 Å². The van der Waals surface area contributed by atoms with Crippen LogP contribution in [-0.2, 0) is 21.1 Å². The van der Waals surface area contributed by atoms with E-state index in [0.717, 1.165) is 16.9 Å². The molecule has 1 saturated heterocycles. The molecule has 4 aromatic rings. The van der Waals surface area contributed by atoms with Crippen LogP contribution in [0.1, 0.15) is 26.3 Å². The third-order valence-corrected chi connectivity index (χ3v) is 9.25. The standard InChI is InChI=1S/C31H31ClFN5O5S/c1-6-19-10-8-13-24(44(5,42)43)28(19)38-30-20(14-21(32)27(34-30)26-22(33)11-9-12-23(26)39)29(35-31(38)41)37-16-17(3)36(15-18(37)4)25(40)7-2/h7-14,17-18,39H,2,6,15-16H2,1,3-5H3/t17-,18+/m1/s1. The summed E-state index contributed by atoms with van der Waals surface area (Å²) in [7, 11) is -3.84. The molecule has 1 amide bonds. The van der Waals surface area contributed by atoms with Gasteiger partial charge in [-0.05, 0) is 56.2 Å². The van der Waals surface area contributed by atoms with Crippen molar-refractivity contribution in [3.8, 4) is 22.7 Å². The highest BCUT2D eigenvalue weighted by Gasteiger charge is 2.34. The number of phenolic OH excluding ortho intramolecular Hbond substituents is 1. The summed E-state index contributed by atoms with van der Waals surface area (Å²) in [6, 6.07) is 9.36. The minimum absolute atomic E-state index is 0.0283. The fraction of sp³-hybridized carbons (Fsp3) is 0.290. The van der Waals surface area contributed by atoms with Gasteiger partial charge in [0.25, 0.3) is 0 Å². The number of anilines is 1. The van der Waals surface area contributed by atoms with Crippen molar-refractivity contribution in [3.63, 3.8) is 0 Å². The van der Waals surface area contributed by atoms with E-state index in [4.69, 9.17) is 11.6 Å². The Kier molecular flexibility index (Phi) is 8.25. The Bertz CT molecular complexity index is 1980. The number of benzene rings is 2. The molecule has 2 atom stereocenters. The number of para-hydroxylation sites is 1. The van der Waals surface area contributed by atoms with Crippen molar-refractivity contribution in [2.24, 2.45) is 0 Å². The van der Waals surface area contributed by atoms with Gasteiger partial charge < -0.3 is 14.9 Å². The van der Waals surface area contributed by atoms with Crippen LogP contribution in [-0.4, -0.2) is 70.3 Å². The molecule has 230 valence electrons. The number of piperazine rings is 1. The van der Waals surface area contributed by atoms with Gasteiger partial charge in [-0.1, -0.05) is 43.3 Å². The summed E-state index contributed by atoms with van der Waals surface area (Å²) < 4.78 is 42.1. The number of aromatic hydroxyl groups is 1. The van der Waals surface area contributed by atoms with Crippen molar-refractivity contribution in [1.82, 2.24) is 19.4 Å². The molecule has 0 unspecified atom stereocenters. The van der Waals surface area contributed by atoms with Crippen molar-refractivity contribution in [1.29, 1.82) is 0 Å². The molecule has 13 heteroatoms. The highest BCUT2D eigenvalue weighted by atomic mass is 35.5. The number of carbonyl (C=O) groups excluding carboxylic acids is 1. The number of aryl methyl sites for hydroxylation is 1. The van der Waals surface area contributed by atoms with Gasteiger partial charge in [0.15, 0.2) is 15.5 Å². The van der Waals surface area contributed by atoms with Gasteiger partial charge >= 0.3 is 5.69 Å². The number of sulfone groups is 1. The fourth-order valence-corrected chi connectivity index (χ4v) is 6.85. The molecule has 1 fully saturated rings. The molecule has 0 radical (unpaired) electrons. The molecule has 0 aliphatic carbocycles. The van der Waals surface area contributed by atoms with E-state index in [-0.39, 0.29) is 56.3 Å². The van der Waals surface area contributed by atoms with E-state index in [0.29, 0.717) is 30.5 Å². The first-order valence-electron chi connectivity index (χ1n) is 13.9. The van der Waals surface area contributed by atoms with E-state index in [1.807, 2.05) is 25.7 Å². The molecule has 0 spiro atoms. The van der Waals surface area contributed by atoms with Gasteiger partial charge in [0.05, 0.1) is 32.2 Å². The number of amides is 1. The maximum atomic E-state index is 15.1. The van der Waals surface area contributed by atoms with Crippen LogP contribution < -0.4 is 10.6 Å². The van der Waals surface area contributed by atoms with Crippen molar-refractivity contribution in [2.75, 3.05) is 24.2 Å². The number of rotatable bonds is 6. The summed E-state index contributed by atoms with van der Waals surface area (Å²) in [6.45, 7) is 9.77. The molecular formula is C31H31ClFN5O5S. The van der Waals surface area contributed by atoms with Gasteiger partial charge in [0.1, 0.15) is 17.4 Å². The van der Waals surface area contributed by atoms with Gasteiger partial charge in [0, 0.05) is 31.4 Å². The van der Waals surface area contributed by atoms with Crippen LogP contribution in [0.5, 0.6) is 5.75 Å². The molecule has 1 aliphatic heterocycles. The Morgan fingerprint density at radius 1 is 1.16 bits per heavy atom. The lowest BCUT2D eigenvalue weighted by atomic mass is 10.1. The molecule has 1 aliphatic rings. The number of carbonyl (C=O) groups is 1. The largest absolute Gasteiger partial charge is 0.507 e. The topological polar surface area (TPSA) is 126 Å². The summed E-state index contributed by atoms with van der Waals surface area (Å²) in [5.41, 5.74) is -0.650. The number of halogens is 2. The minimum Gasteiger partial charge on any atom is -0.507 e. The predicted molar refractivity (Wildman–Crippen MR) is 168 cm³/mol. The van der Waals surface area contributed by atoms with Crippen molar-refractivity contribution < 1.29 is 22.7 Å². The second-order valence-corrected chi connectivity index (χ2v) is 13.2. The monoisotopic (exact) mass is 639 g/mol. The summed E-state index contributed by atoms with van der Waals surface area (Å²) >= 11 is 6.71. The Morgan fingerprint density at radius 2 is 1.86 bits per heavy atom. The summed E-state index contributed by atoms with van der Waals surface area (Å²) in [5, 5.41) is 10.8. The van der Waals surface area contributed by atoms with Gasteiger partial charge in [-0.25, -0.2) is 27.2 Å². The summed E-state index contributed by atoms with van der Waals surface area (Å²) in [4.78, 5) is 39.1. The van der Waals surface area contributed by atoms with Crippen molar-refractivity contribution in [3.05, 3.63) is 82.0 Å². The Hall–Kier alpha value is -4.29. The fourth-order valence-electron chi connectivity index (χ4n) is 5.70. The second kappa shape index (κ2) is 11.7. The second-order valence-electron chi connectivity index (χ2n) is 10.8. The average molecular weight is 640 g/mol. The molecule has 5 rings (SSSR count). The van der Waals surface area contributed by atoms with E-state index >= 15 is 4.39 Å². The van der Waals surface area contributed by atoms with E-state index in [2.05, 4.69) is 16.5 Å². The minimum atomic E-state index is -3.84. The first-order valence-corrected chi connectivity index (χ1v) is 16.2. The summed E-state index contributed by atoms with van der Waals surface area (Å²) in [5.74, 6) is -1.21. The van der Waals surface area contributed by atoms with E-state index in [1.165, 1.54) is 30.3 Å². The molecule has 3 heterocycles. The third-order valence-electron chi connectivity index (χ3n) is 7.83. The van der Waals surface area contributed by atoms with Crippen molar-refractivity contribution >= 4 is 44.2 Å². The van der Waals surface area contributed by atoms with Crippen molar-refractivity contribution in [2.45, 2.75) is 44.2 Å². The van der Waals surface area contributed by atoms with Crippen LogP contribution in [0, 0.1) is 5.82 Å². The first kappa shape index (κ1) is 31.1. The molecule has 0 bridgehead atoms. The molecule has 44 heavy (non-hydrogen) atoms. The number of hydrogen-bond donors (Lipinski definition) is 1. The number of fused-ring (bicyclic) bond motifs is 1. The molecule has 0 saturated carbocycles. The Labute approximate surface area is 259 Å². The zero-order valence-electron chi connectivity index (χ0n) is 24.6. The molecule has 2 aromatic heterocycles. The number of aromatic nitrogens is 3. The SMILES string of the molecule is C=CC(=O)N1C[C@H](C)N(c2nc(=O)n(-c3c(CC)cccc3S(C)(=O)=O)c3nc(-c4c(O)cccc4F)c(Cl)cc23)C[C@H]1C. The first-order chi connectivity index (χ1) is 20.8. The smallest absolute Gasteiger partial charge is 0.355 e. The normalized spacial score (nSPS) is 17.2. The van der Waals surface area contributed by atoms with Crippen LogP contribution in [0.3, 0.4) is 0 Å². The van der Waals surface area contributed by atoms with Crippen LogP contribution in [0.25, 0.3) is 28.0 Å². The highest BCUT2D eigenvalue weighted by Crippen LogP contribution is 2.39. The molecule has 1 N–H and O–H groups in total. The molecular weight excluding hydrogens is 609 g/mol. The van der Waals surface area contributed by atoms with Gasteiger partial charge in [0.2, 0.25) is 5.91 Å². The maximum absolute atomic E-state index is 15.1. The zero-order valence-corrected chi connectivity index (χ0v) is 26.2. The lowest BCUT2D eigenvalue weighted by molar-refractivity contribution is -0.128. The lowest BCUT2D eigenvalue weighted by Gasteiger charge is -2.44. The molecule has 10 nitrogen and oxygen atoms in total. The molecule has 2 aromatic carbocycles. The number of pyridine rings is 1. The number of phenols is 1. The van der Waals surface area contributed by atoms with Crippen LogP contribution >= 0.6 is 11.6 Å². The average Bonchev–Trinajstić information content (AvgIpc) is 2.97. The quantitative estimate of drug-likeness (QED) is 0.305. The van der Waals surface area contributed by atoms with Crippen LogP contribution in [0.4, 0.5) is 10.2 Å². The number of hydrogen-bond acceptors (Lipinski definition) is 8. The third kappa shape index (κ3) is 5.32. The Morgan fingerprint density at radius 3 is 2.50 bits per heavy atom. The van der Waals surface area contributed by atoms with E-state index in [1.54, 1.807) is 17.0 Å².